The maximum atomic E-state index is 14.0. The summed E-state index contributed by atoms with van der Waals surface area (Å²) < 4.78 is 42.9. The fourth-order valence-electron chi connectivity index (χ4n) is 5.72. The van der Waals surface area contributed by atoms with Crippen molar-refractivity contribution in [3.05, 3.63) is 47.5 Å². The molecule has 3 fully saturated rings. The second kappa shape index (κ2) is 6.87. The molecule has 9 heteroatoms. The number of benzene rings is 1. The number of carbonyl (C=O) groups excluding carboxylic acids is 1. The Morgan fingerprint density at radius 2 is 1.84 bits per heavy atom. The van der Waals surface area contributed by atoms with Gasteiger partial charge in [0.1, 0.15) is 16.4 Å². The first-order valence-corrected chi connectivity index (χ1v) is 12.9. The molecule has 0 bridgehead atoms. The predicted molar refractivity (Wildman–Crippen MR) is 115 cm³/mol. The molecule has 0 N–H and O–H groups in total. The van der Waals surface area contributed by atoms with E-state index in [9.17, 15) is 17.6 Å². The summed E-state index contributed by atoms with van der Waals surface area (Å²) >= 11 is 0. The Balaban J connectivity index is 1.15. The molecule has 1 amide bonds. The lowest BCUT2D eigenvalue weighted by molar-refractivity contribution is -0.0740. The highest BCUT2D eigenvalue weighted by Crippen LogP contribution is 2.52. The van der Waals surface area contributed by atoms with Crippen LogP contribution in [0.15, 0.2) is 35.2 Å². The van der Waals surface area contributed by atoms with Crippen molar-refractivity contribution in [3.8, 4) is 0 Å². The summed E-state index contributed by atoms with van der Waals surface area (Å²) in [4.78, 5) is 15.2. The summed E-state index contributed by atoms with van der Waals surface area (Å²) in [5.74, 6) is -0.159. The van der Waals surface area contributed by atoms with Crippen molar-refractivity contribution >= 4 is 15.9 Å². The minimum atomic E-state index is -3.82. The fourth-order valence-corrected chi connectivity index (χ4v) is 7.45. The number of hydrogen-bond donors (Lipinski definition) is 0. The first-order valence-electron chi connectivity index (χ1n) is 11.4. The number of amides is 1. The standard InChI is InChI=1S/C23H27FN4O3S/c1-15-8-9-27-20(10-19(25-27)16-6-7-16)22(29)28(15)17-11-23(12-17)13-26(14-23)32(30,31)21-5-3-2-4-18(21)24/h2-5,10,15-17H,6-9,11-14H2,1H3/t15-/m1/s1. The molecule has 2 saturated carbocycles. The molecule has 1 aromatic heterocycles. The lowest BCUT2D eigenvalue weighted by Crippen LogP contribution is -2.68. The van der Waals surface area contributed by atoms with Crippen LogP contribution in [0.1, 0.15) is 61.1 Å². The summed E-state index contributed by atoms with van der Waals surface area (Å²) in [6.45, 7) is 3.62. The summed E-state index contributed by atoms with van der Waals surface area (Å²) in [5, 5.41) is 4.69. The number of sulfonamides is 1. The Hall–Kier alpha value is -2.26. The van der Waals surface area contributed by atoms with E-state index in [2.05, 4.69) is 12.0 Å². The number of hydrogen-bond acceptors (Lipinski definition) is 4. The Labute approximate surface area is 187 Å². The Kier molecular flexibility index (Phi) is 4.37. The summed E-state index contributed by atoms with van der Waals surface area (Å²) in [6.07, 6.45) is 4.75. The highest BCUT2D eigenvalue weighted by molar-refractivity contribution is 7.89. The third kappa shape index (κ3) is 3.04. The summed E-state index contributed by atoms with van der Waals surface area (Å²) in [7, 11) is -3.82. The lowest BCUT2D eigenvalue weighted by atomic mass is 9.61. The zero-order valence-corrected chi connectivity index (χ0v) is 18.9. The van der Waals surface area contributed by atoms with Gasteiger partial charge in [0, 0.05) is 43.1 Å². The molecule has 2 aliphatic heterocycles. The van der Waals surface area contributed by atoms with Crippen molar-refractivity contribution in [1.29, 1.82) is 0 Å². The maximum absolute atomic E-state index is 14.0. The van der Waals surface area contributed by atoms with Gasteiger partial charge in [-0.15, -0.1) is 0 Å². The summed E-state index contributed by atoms with van der Waals surface area (Å²) in [5.41, 5.74) is 1.63. The van der Waals surface area contributed by atoms with Gasteiger partial charge in [0.2, 0.25) is 10.0 Å². The number of carbonyl (C=O) groups is 1. The van der Waals surface area contributed by atoms with Crippen molar-refractivity contribution in [2.45, 2.75) is 68.5 Å². The zero-order valence-electron chi connectivity index (χ0n) is 18.1. The number of fused-ring (bicyclic) bond motifs is 1. The second-order valence-corrected chi connectivity index (χ2v) is 12.0. The highest BCUT2D eigenvalue weighted by Gasteiger charge is 2.58. The van der Waals surface area contributed by atoms with Crippen LogP contribution in [0.4, 0.5) is 4.39 Å². The fraction of sp³-hybridized carbons (Fsp3) is 0.565. The van der Waals surface area contributed by atoms with Crippen LogP contribution in [-0.4, -0.2) is 58.5 Å². The Morgan fingerprint density at radius 3 is 2.53 bits per heavy atom. The molecule has 3 heterocycles. The van der Waals surface area contributed by atoms with Gasteiger partial charge in [-0.1, -0.05) is 12.1 Å². The van der Waals surface area contributed by atoms with E-state index in [1.807, 2.05) is 15.6 Å². The highest BCUT2D eigenvalue weighted by atomic mass is 32.2. The molecule has 2 aromatic rings. The van der Waals surface area contributed by atoms with Gasteiger partial charge in [-0.05, 0) is 57.2 Å². The van der Waals surface area contributed by atoms with Gasteiger partial charge >= 0.3 is 0 Å². The molecule has 1 spiro atoms. The molecule has 170 valence electrons. The first-order chi connectivity index (χ1) is 15.3. The third-order valence-electron chi connectivity index (χ3n) is 7.69. The normalized spacial score (nSPS) is 25.9. The van der Waals surface area contributed by atoms with Crippen LogP contribution < -0.4 is 0 Å². The molecule has 7 nitrogen and oxygen atoms in total. The van der Waals surface area contributed by atoms with Crippen LogP contribution in [0, 0.1) is 11.2 Å². The van der Waals surface area contributed by atoms with Crippen molar-refractivity contribution < 1.29 is 17.6 Å². The first kappa shape index (κ1) is 20.4. The molecule has 6 rings (SSSR count). The topological polar surface area (TPSA) is 75.5 Å². The monoisotopic (exact) mass is 458 g/mol. The van der Waals surface area contributed by atoms with Gasteiger partial charge in [0.05, 0.1) is 5.69 Å². The van der Waals surface area contributed by atoms with Crippen LogP contribution >= 0.6 is 0 Å². The van der Waals surface area contributed by atoms with E-state index < -0.39 is 15.8 Å². The van der Waals surface area contributed by atoms with E-state index in [0.29, 0.717) is 24.7 Å². The van der Waals surface area contributed by atoms with Gasteiger partial charge in [0.15, 0.2) is 0 Å². The Morgan fingerprint density at radius 1 is 1.12 bits per heavy atom. The molecule has 0 unspecified atom stereocenters. The van der Waals surface area contributed by atoms with Gasteiger partial charge in [0.25, 0.3) is 5.91 Å². The predicted octanol–water partition coefficient (Wildman–Crippen LogP) is 2.99. The van der Waals surface area contributed by atoms with E-state index in [1.165, 1.54) is 28.6 Å². The minimum absolute atomic E-state index is 0.0457. The molecule has 1 aromatic carbocycles. The van der Waals surface area contributed by atoms with Gasteiger partial charge in [-0.2, -0.15) is 9.40 Å². The van der Waals surface area contributed by atoms with Crippen LogP contribution in [0.2, 0.25) is 0 Å². The molecular formula is C23H27FN4O3S. The molecule has 32 heavy (non-hydrogen) atoms. The number of rotatable bonds is 4. The lowest BCUT2D eigenvalue weighted by Gasteiger charge is -2.60. The smallest absolute Gasteiger partial charge is 0.272 e. The molecule has 4 aliphatic rings. The van der Waals surface area contributed by atoms with Crippen LogP contribution in [-0.2, 0) is 16.6 Å². The Bertz CT molecular complexity index is 1190. The second-order valence-electron chi connectivity index (χ2n) is 10.1. The quantitative estimate of drug-likeness (QED) is 0.706. The van der Waals surface area contributed by atoms with Crippen molar-refractivity contribution in [3.63, 3.8) is 0 Å². The van der Waals surface area contributed by atoms with Gasteiger partial charge in [-0.3, -0.25) is 9.48 Å². The maximum Gasteiger partial charge on any atom is 0.272 e. The number of nitrogens with zero attached hydrogens (tertiary/aromatic N) is 4. The van der Waals surface area contributed by atoms with Gasteiger partial charge in [-0.25, -0.2) is 12.8 Å². The van der Waals surface area contributed by atoms with Gasteiger partial charge < -0.3 is 4.90 Å². The summed E-state index contributed by atoms with van der Waals surface area (Å²) in [6, 6.07) is 7.73. The molecule has 2 aliphatic carbocycles. The van der Waals surface area contributed by atoms with Crippen LogP contribution in [0.25, 0.3) is 0 Å². The average Bonchev–Trinajstić information content (AvgIpc) is 3.47. The van der Waals surface area contributed by atoms with E-state index >= 15 is 0 Å². The third-order valence-corrected chi connectivity index (χ3v) is 9.52. The van der Waals surface area contributed by atoms with Crippen LogP contribution in [0.3, 0.4) is 0 Å². The van der Waals surface area contributed by atoms with Crippen molar-refractivity contribution in [2.24, 2.45) is 5.41 Å². The zero-order chi connectivity index (χ0) is 22.3. The number of aromatic nitrogens is 2. The van der Waals surface area contributed by atoms with Crippen molar-refractivity contribution in [1.82, 2.24) is 19.0 Å². The molecule has 1 saturated heterocycles. The molecular weight excluding hydrogens is 431 g/mol. The minimum Gasteiger partial charge on any atom is -0.332 e. The molecule has 0 radical (unpaired) electrons. The average molecular weight is 459 g/mol. The number of halogens is 1. The molecule has 1 atom stereocenters. The van der Waals surface area contributed by atoms with Crippen LogP contribution in [0.5, 0.6) is 0 Å². The van der Waals surface area contributed by atoms with E-state index in [0.717, 1.165) is 44.3 Å². The van der Waals surface area contributed by atoms with Crippen molar-refractivity contribution in [2.75, 3.05) is 13.1 Å². The van der Waals surface area contributed by atoms with E-state index in [4.69, 9.17) is 0 Å². The van der Waals surface area contributed by atoms with E-state index in [1.54, 1.807) is 0 Å². The van der Waals surface area contributed by atoms with E-state index in [-0.39, 0.29) is 28.3 Å². The number of aryl methyl sites for hydroxylation is 1. The largest absolute Gasteiger partial charge is 0.332 e. The SMILES string of the molecule is C[C@@H]1CCn2nc(C3CC3)cc2C(=O)N1C1CC2(C1)CN(S(=O)(=O)c1ccccc1F)C2.